The molecule has 1 atom stereocenters. The van der Waals surface area contributed by atoms with Crippen LogP contribution in [0.5, 0.6) is 0 Å². The minimum Gasteiger partial charge on any atom is -0.350 e. The van der Waals surface area contributed by atoms with E-state index in [0.717, 1.165) is 17.8 Å². The van der Waals surface area contributed by atoms with Crippen molar-refractivity contribution in [2.75, 3.05) is 6.54 Å². The Labute approximate surface area is 147 Å². The third-order valence-corrected chi connectivity index (χ3v) is 4.39. The highest BCUT2D eigenvalue weighted by Crippen LogP contribution is 2.19. The van der Waals surface area contributed by atoms with Crippen LogP contribution in [0.2, 0.25) is 0 Å². The molecule has 25 heavy (non-hydrogen) atoms. The van der Waals surface area contributed by atoms with Crippen LogP contribution in [-0.2, 0) is 16.1 Å². The molecule has 3 heterocycles. The lowest BCUT2D eigenvalue weighted by atomic mass is 10.0. The number of aromatic nitrogens is 3. The smallest absolute Gasteiger partial charge is 0.243 e. The topological polar surface area (TPSA) is 80.1 Å². The summed E-state index contributed by atoms with van der Waals surface area (Å²) >= 11 is 0. The van der Waals surface area contributed by atoms with Gasteiger partial charge in [0.1, 0.15) is 18.2 Å². The highest BCUT2D eigenvalue weighted by atomic mass is 16.2. The fourth-order valence-corrected chi connectivity index (χ4v) is 3.13. The Hall–Kier alpha value is -2.70. The third-order valence-electron chi connectivity index (χ3n) is 4.39. The summed E-state index contributed by atoms with van der Waals surface area (Å²) in [4.78, 5) is 34.7. The zero-order chi connectivity index (χ0) is 17.8. The molecule has 7 nitrogen and oxygen atoms in total. The van der Waals surface area contributed by atoms with E-state index >= 15 is 0 Å². The maximum Gasteiger partial charge on any atom is 0.243 e. The summed E-state index contributed by atoms with van der Waals surface area (Å²) in [6, 6.07) is 3.40. The van der Waals surface area contributed by atoms with Crippen molar-refractivity contribution in [2.24, 2.45) is 5.92 Å². The largest absolute Gasteiger partial charge is 0.350 e. The standard InChI is InChI=1S/C18H23N5O2/c1-13(2)17(23-8-3-4-16(23)24)18(25)21-11-14-5-6-15(20-10-14)22-9-7-19-12-22/h5-7,9-10,12-13,17H,3-4,8,11H2,1-2H3,(H,21,25). The molecule has 1 aliphatic heterocycles. The van der Waals surface area contributed by atoms with Gasteiger partial charge in [0, 0.05) is 38.1 Å². The average Bonchev–Trinajstić information content (AvgIpc) is 3.26. The second kappa shape index (κ2) is 7.46. The van der Waals surface area contributed by atoms with Gasteiger partial charge in [0.2, 0.25) is 11.8 Å². The summed E-state index contributed by atoms with van der Waals surface area (Å²) in [5, 5.41) is 2.94. The monoisotopic (exact) mass is 341 g/mol. The quantitative estimate of drug-likeness (QED) is 0.864. The molecule has 1 N–H and O–H groups in total. The van der Waals surface area contributed by atoms with Crippen molar-refractivity contribution in [3.05, 3.63) is 42.6 Å². The Kier molecular flexibility index (Phi) is 5.11. The van der Waals surface area contributed by atoms with Crippen LogP contribution >= 0.6 is 0 Å². The minimum atomic E-state index is -0.409. The van der Waals surface area contributed by atoms with E-state index in [1.807, 2.05) is 36.7 Å². The van der Waals surface area contributed by atoms with E-state index in [4.69, 9.17) is 0 Å². The average molecular weight is 341 g/mol. The molecule has 1 aliphatic rings. The number of hydrogen-bond acceptors (Lipinski definition) is 4. The van der Waals surface area contributed by atoms with E-state index < -0.39 is 6.04 Å². The number of hydrogen-bond donors (Lipinski definition) is 1. The summed E-state index contributed by atoms with van der Waals surface area (Å²) in [6.45, 7) is 4.99. The molecular weight excluding hydrogens is 318 g/mol. The van der Waals surface area contributed by atoms with Crippen LogP contribution in [0.15, 0.2) is 37.1 Å². The normalized spacial score (nSPS) is 15.6. The van der Waals surface area contributed by atoms with Gasteiger partial charge in [-0.15, -0.1) is 0 Å². The van der Waals surface area contributed by atoms with Crippen molar-refractivity contribution in [2.45, 2.75) is 39.3 Å². The summed E-state index contributed by atoms with van der Waals surface area (Å²) in [7, 11) is 0. The first-order chi connectivity index (χ1) is 12.1. The SMILES string of the molecule is CC(C)C(C(=O)NCc1ccc(-n2ccnc2)nc1)N1CCCC1=O. The number of likely N-dealkylation sites (tertiary alicyclic amines) is 1. The van der Waals surface area contributed by atoms with Gasteiger partial charge in [-0.25, -0.2) is 9.97 Å². The molecule has 1 unspecified atom stereocenters. The van der Waals surface area contributed by atoms with Gasteiger partial charge in [-0.2, -0.15) is 0 Å². The summed E-state index contributed by atoms with van der Waals surface area (Å²) < 4.78 is 1.82. The van der Waals surface area contributed by atoms with Gasteiger partial charge in [-0.05, 0) is 24.0 Å². The summed E-state index contributed by atoms with van der Waals surface area (Å²) in [5.74, 6) is 0.809. The molecule has 0 radical (unpaired) electrons. The van der Waals surface area contributed by atoms with Crippen molar-refractivity contribution in [3.8, 4) is 5.82 Å². The Balaban J connectivity index is 1.61. The molecule has 1 fully saturated rings. The lowest BCUT2D eigenvalue weighted by Crippen LogP contribution is -2.50. The van der Waals surface area contributed by atoms with Crippen molar-refractivity contribution in [3.63, 3.8) is 0 Å². The van der Waals surface area contributed by atoms with E-state index in [2.05, 4.69) is 15.3 Å². The Morgan fingerprint density at radius 3 is 2.76 bits per heavy atom. The van der Waals surface area contributed by atoms with Crippen LogP contribution in [-0.4, -0.2) is 43.8 Å². The first-order valence-corrected chi connectivity index (χ1v) is 8.56. The van der Waals surface area contributed by atoms with Crippen LogP contribution in [0.1, 0.15) is 32.3 Å². The van der Waals surface area contributed by atoms with E-state index in [1.54, 1.807) is 23.6 Å². The predicted octanol–water partition coefficient (Wildman–Crippen LogP) is 1.53. The van der Waals surface area contributed by atoms with Crippen molar-refractivity contribution >= 4 is 11.8 Å². The molecule has 2 aromatic heterocycles. The van der Waals surface area contributed by atoms with Crippen LogP contribution in [0.25, 0.3) is 5.82 Å². The number of nitrogens with zero attached hydrogens (tertiary/aromatic N) is 4. The maximum atomic E-state index is 12.6. The molecule has 0 bridgehead atoms. The molecule has 132 valence electrons. The second-order valence-corrected chi connectivity index (χ2v) is 6.59. The highest BCUT2D eigenvalue weighted by molar-refractivity contribution is 5.88. The van der Waals surface area contributed by atoms with Crippen LogP contribution in [0, 0.1) is 5.92 Å². The minimum absolute atomic E-state index is 0.0696. The zero-order valence-corrected chi connectivity index (χ0v) is 14.6. The Morgan fingerprint density at radius 1 is 1.36 bits per heavy atom. The number of carbonyl (C=O) groups excluding carboxylic acids is 2. The van der Waals surface area contributed by atoms with Gasteiger partial charge in [0.25, 0.3) is 0 Å². The van der Waals surface area contributed by atoms with Crippen molar-refractivity contribution in [1.29, 1.82) is 0 Å². The van der Waals surface area contributed by atoms with E-state index in [-0.39, 0.29) is 17.7 Å². The second-order valence-electron chi connectivity index (χ2n) is 6.59. The number of nitrogens with one attached hydrogen (secondary N) is 1. The molecule has 2 amide bonds. The van der Waals surface area contributed by atoms with E-state index in [0.29, 0.717) is 19.5 Å². The lowest BCUT2D eigenvalue weighted by molar-refractivity contribution is -0.139. The maximum absolute atomic E-state index is 12.6. The van der Waals surface area contributed by atoms with Gasteiger partial charge in [0.05, 0.1) is 0 Å². The van der Waals surface area contributed by atoms with Crippen molar-refractivity contribution in [1.82, 2.24) is 24.8 Å². The Bertz CT molecular complexity index is 724. The molecule has 1 saturated heterocycles. The summed E-state index contributed by atoms with van der Waals surface area (Å²) in [5.41, 5.74) is 0.910. The lowest BCUT2D eigenvalue weighted by Gasteiger charge is -2.29. The molecule has 2 aromatic rings. The molecular formula is C18H23N5O2. The molecule has 0 saturated carbocycles. The molecule has 0 aliphatic carbocycles. The number of carbonyl (C=O) groups is 2. The van der Waals surface area contributed by atoms with Gasteiger partial charge >= 0.3 is 0 Å². The van der Waals surface area contributed by atoms with Gasteiger partial charge in [-0.3, -0.25) is 14.2 Å². The van der Waals surface area contributed by atoms with Gasteiger partial charge in [-0.1, -0.05) is 19.9 Å². The number of pyridine rings is 1. The fourth-order valence-electron chi connectivity index (χ4n) is 3.13. The first kappa shape index (κ1) is 17.1. The Morgan fingerprint density at radius 2 is 2.20 bits per heavy atom. The van der Waals surface area contributed by atoms with Gasteiger partial charge in [0.15, 0.2) is 0 Å². The molecule has 0 spiro atoms. The van der Waals surface area contributed by atoms with Crippen molar-refractivity contribution < 1.29 is 9.59 Å². The first-order valence-electron chi connectivity index (χ1n) is 8.56. The fraction of sp³-hybridized carbons (Fsp3) is 0.444. The zero-order valence-electron chi connectivity index (χ0n) is 14.6. The molecule has 3 rings (SSSR count). The third kappa shape index (κ3) is 3.87. The van der Waals surface area contributed by atoms with E-state index in [9.17, 15) is 9.59 Å². The number of amides is 2. The number of imidazole rings is 1. The number of rotatable bonds is 6. The van der Waals surface area contributed by atoms with Crippen LogP contribution < -0.4 is 5.32 Å². The molecule has 7 heteroatoms. The highest BCUT2D eigenvalue weighted by Gasteiger charge is 2.34. The molecule has 0 aromatic carbocycles. The van der Waals surface area contributed by atoms with Crippen LogP contribution in [0.3, 0.4) is 0 Å². The predicted molar refractivity (Wildman–Crippen MR) is 92.8 cm³/mol. The van der Waals surface area contributed by atoms with Gasteiger partial charge < -0.3 is 10.2 Å². The van der Waals surface area contributed by atoms with E-state index in [1.165, 1.54) is 0 Å². The van der Waals surface area contributed by atoms with Crippen LogP contribution in [0.4, 0.5) is 0 Å². The summed E-state index contributed by atoms with van der Waals surface area (Å²) in [6.07, 6.45) is 8.31.